The lowest BCUT2D eigenvalue weighted by Gasteiger charge is -2.11. The zero-order valence-corrected chi connectivity index (χ0v) is 12.8. The Balaban J connectivity index is 2.25. The molecule has 3 aromatic rings. The number of aryl methyl sites for hydroxylation is 2. The molecule has 0 fully saturated rings. The van der Waals surface area contributed by atoms with Crippen LogP contribution in [0.25, 0.3) is 22.4 Å². The monoisotopic (exact) mass is 281 g/mol. The summed E-state index contributed by atoms with van der Waals surface area (Å²) in [5.74, 6) is 2.46. The van der Waals surface area contributed by atoms with Crippen molar-refractivity contribution in [3.05, 3.63) is 41.3 Å². The summed E-state index contributed by atoms with van der Waals surface area (Å²) in [7, 11) is 0. The first kappa shape index (κ1) is 13.6. The second-order valence-corrected chi connectivity index (χ2v) is 5.17. The van der Waals surface area contributed by atoms with Gasteiger partial charge in [-0.1, -0.05) is 18.2 Å². The fraction of sp³-hybridized carbons (Fsp3) is 0.294. The minimum Gasteiger partial charge on any atom is -0.461 e. The molecule has 0 amide bonds. The summed E-state index contributed by atoms with van der Waals surface area (Å²) in [4.78, 5) is 9.35. The summed E-state index contributed by atoms with van der Waals surface area (Å²) < 4.78 is 5.82. The van der Waals surface area contributed by atoms with Gasteiger partial charge in [0.25, 0.3) is 0 Å². The molecule has 0 aliphatic carbocycles. The van der Waals surface area contributed by atoms with Crippen LogP contribution in [0, 0.1) is 20.8 Å². The van der Waals surface area contributed by atoms with Gasteiger partial charge in [-0.2, -0.15) is 0 Å². The summed E-state index contributed by atoms with van der Waals surface area (Å²) >= 11 is 0. The number of fused-ring (bicyclic) bond motifs is 1. The van der Waals surface area contributed by atoms with Gasteiger partial charge in [-0.25, -0.2) is 9.97 Å². The Kier molecular flexibility index (Phi) is 3.37. The predicted octanol–water partition coefficient (Wildman–Crippen LogP) is 4.25. The van der Waals surface area contributed by atoms with E-state index in [0.29, 0.717) is 0 Å². The van der Waals surface area contributed by atoms with Crippen molar-refractivity contribution in [1.29, 1.82) is 0 Å². The van der Waals surface area contributed by atoms with Crippen LogP contribution >= 0.6 is 0 Å². The minimum absolute atomic E-state index is 0.719. The molecule has 0 spiro atoms. The van der Waals surface area contributed by atoms with Crippen LogP contribution in [-0.4, -0.2) is 16.5 Å². The van der Waals surface area contributed by atoms with Gasteiger partial charge in [-0.15, -0.1) is 0 Å². The van der Waals surface area contributed by atoms with Crippen molar-refractivity contribution in [3.63, 3.8) is 0 Å². The van der Waals surface area contributed by atoms with Crippen LogP contribution in [-0.2, 0) is 0 Å². The maximum absolute atomic E-state index is 5.82. The van der Waals surface area contributed by atoms with Gasteiger partial charge < -0.3 is 9.73 Å². The Labute approximate surface area is 124 Å². The van der Waals surface area contributed by atoms with Gasteiger partial charge >= 0.3 is 0 Å². The highest BCUT2D eigenvalue weighted by Gasteiger charge is 2.17. The van der Waals surface area contributed by atoms with E-state index in [0.717, 1.165) is 51.7 Å². The SMILES string of the molecule is CCNc1nc(-c2c(C)oc3ccccc23)nc(C)c1C. The van der Waals surface area contributed by atoms with Crippen LogP contribution in [0.3, 0.4) is 0 Å². The Morgan fingerprint density at radius 3 is 2.62 bits per heavy atom. The minimum atomic E-state index is 0.719. The van der Waals surface area contributed by atoms with E-state index in [4.69, 9.17) is 9.40 Å². The van der Waals surface area contributed by atoms with Crippen LogP contribution in [0.15, 0.2) is 28.7 Å². The number of para-hydroxylation sites is 1. The van der Waals surface area contributed by atoms with Crippen LogP contribution in [0.1, 0.15) is 23.9 Å². The number of hydrogen-bond acceptors (Lipinski definition) is 4. The number of nitrogens with zero attached hydrogens (tertiary/aromatic N) is 2. The standard InChI is InChI=1S/C17H19N3O/c1-5-18-16-10(2)11(3)19-17(20-16)15-12(4)21-14-9-7-6-8-13(14)15/h6-9H,5H2,1-4H3,(H,18,19,20). The van der Waals surface area contributed by atoms with Crippen molar-refractivity contribution < 1.29 is 4.42 Å². The van der Waals surface area contributed by atoms with Crippen molar-refractivity contribution in [2.24, 2.45) is 0 Å². The van der Waals surface area contributed by atoms with Crippen molar-refractivity contribution in [2.75, 3.05) is 11.9 Å². The second-order valence-electron chi connectivity index (χ2n) is 5.17. The number of benzene rings is 1. The molecule has 2 aromatic heterocycles. The van der Waals surface area contributed by atoms with Crippen LogP contribution in [0.4, 0.5) is 5.82 Å². The number of furan rings is 1. The number of nitrogens with one attached hydrogen (secondary N) is 1. The lowest BCUT2D eigenvalue weighted by Crippen LogP contribution is -2.06. The number of aromatic nitrogens is 2. The van der Waals surface area contributed by atoms with Gasteiger partial charge in [0.15, 0.2) is 5.82 Å². The molecular weight excluding hydrogens is 262 g/mol. The van der Waals surface area contributed by atoms with Crippen LogP contribution in [0.5, 0.6) is 0 Å². The van der Waals surface area contributed by atoms with E-state index in [1.165, 1.54) is 0 Å². The molecule has 3 rings (SSSR count). The average Bonchev–Trinajstić information content (AvgIpc) is 2.79. The lowest BCUT2D eigenvalue weighted by molar-refractivity contribution is 0.579. The highest BCUT2D eigenvalue weighted by atomic mass is 16.3. The predicted molar refractivity (Wildman–Crippen MR) is 85.6 cm³/mol. The largest absolute Gasteiger partial charge is 0.461 e. The summed E-state index contributed by atoms with van der Waals surface area (Å²) in [6.07, 6.45) is 0. The summed E-state index contributed by atoms with van der Waals surface area (Å²) in [6.45, 7) is 8.91. The van der Waals surface area contributed by atoms with E-state index >= 15 is 0 Å². The van der Waals surface area contributed by atoms with Crippen molar-refractivity contribution >= 4 is 16.8 Å². The molecule has 0 saturated carbocycles. The Morgan fingerprint density at radius 1 is 1.10 bits per heavy atom. The van der Waals surface area contributed by atoms with Crippen molar-refractivity contribution in [3.8, 4) is 11.4 Å². The first-order valence-corrected chi connectivity index (χ1v) is 7.19. The average molecular weight is 281 g/mol. The summed E-state index contributed by atoms with van der Waals surface area (Å²) in [5.41, 5.74) is 3.93. The van der Waals surface area contributed by atoms with Crippen LogP contribution < -0.4 is 5.32 Å². The molecule has 4 heteroatoms. The van der Waals surface area contributed by atoms with Crippen LogP contribution in [0.2, 0.25) is 0 Å². The molecule has 21 heavy (non-hydrogen) atoms. The fourth-order valence-corrected chi connectivity index (χ4v) is 2.53. The highest BCUT2D eigenvalue weighted by Crippen LogP contribution is 2.33. The van der Waals surface area contributed by atoms with Gasteiger partial charge in [0, 0.05) is 23.2 Å². The number of anilines is 1. The number of rotatable bonds is 3. The third-order valence-electron chi connectivity index (χ3n) is 3.73. The van der Waals surface area contributed by atoms with E-state index in [1.807, 2.05) is 45.0 Å². The fourth-order valence-electron chi connectivity index (χ4n) is 2.53. The third kappa shape index (κ3) is 2.27. The molecular formula is C17H19N3O. The topological polar surface area (TPSA) is 51.0 Å². The summed E-state index contributed by atoms with van der Waals surface area (Å²) in [6, 6.07) is 8.00. The number of hydrogen-bond donors (Lipinski definition) is 1. The molecule has 4 nitrogen and oxygen atoms in total. The smallest absolute Gasteiger partial charge is 0.165 e. The van der Waals surface area contributed by atoms with Crippen molar-refractivity contribution in [2.45, 2.75) is 27.7 Å². The van der Waals surface area contributed by atoms with Crippen molar-refractivity contribution in [1.82, 2.24) is 9.97 Å². The Bertz CT molecular complexity index is 805. The maximum Gasteiger partial charge on any atom is 0.165 e. The molecule has 1 N–H and O–H groups in total. The molecule has 0 saturated heterocycles. The summed E-state index contributed by atoms with van der Waals surface area (Å²) in [5, 5.41) is 4.36. The molecule has 0 unspecified atom stereocenters. The molecule has 0 aliphatic heterocycles. The lowest BCUT2D eigenvalue weighted by atomic mass is 10.1. The first-order chi connectivity index (χ1) is 10.1. The molecule has 0 aliphatic rings. The van der Waals surface area contributed by atoms with Gasteiger partial charge in [0.05, 0.1) is 5.56 Å². The molecule has 2 heterocycles. The maximum atomic E-state index is 5.82. The van der Waals surface area contributed by atoms with E-state index in [9.17, 15) is 0 Å². The zero-order valence-electron chi connectivity index (χ0n) is 12.8. The molecule has 0 atom stereocenters. The molecule has 1 aromatic carbocycles. The van der Waals surface area contributed by atoms with E-state index in [-0.39, 0.29) is 0 Å². The van der Waals surface area contributed by atoms with Gasteiger partial charge in [-0.05, 0) is 33.8 Å². The normalized spacial score (nSPS) is 11.0. The van der Waals surface area contributed by atoms with Gasteiger partial charge in [0.1, 0.15) is 17.2 Å². The van der Waals surface area contributed by atoms with E-state index in [1.54, 1.807) is 0 Å². The Hall–Kier alpha value is -2.36. The van der Waals surface area contributed by atoms with E-state index < -0.39 is 0 Å². The highest BCUT2D eigenvalue weighted by molar-refractivity contribution is 5.94. The zero-order chi connectivity index (χ0) is 15.0. The molecule has 0 bridgehead atoms. The second kappa shape index (κ2) is 5.20. The quantitative estimate of drug-likeness (QED) is 0.780. The van der Waals surface area contributed by atoms with E-state index in [2.05, 4.69) is 17.2 Å². The van der Waals surface area contributed by atoms with Gasteiger partial charge in [0.2, 0.25) is 0 Å². The third-order valence-corrected chi connectivity index (χ3v) is 3.73. The van der Waals surface area contributed by atoms with Gasteiger partial charge in [-0.3, -0.25) is 0 Å². The molecule has 108 valence electrons. The molecule has 0 radical (unpaired) electrons. The first-order valence-electron chi connectivity index (χ1n) is 7.19. The Morgan fingerprint density at radius 2 is 1.86 bits per heavy atom.